The number of carbonyl (C=O) groups is 1. The molecular weight excluding hydrogens is 302 g/mol. The van der Waals surface area contributed by atoms with Crippen molar-refractivity contribution in [2.45, 2.75) is 26.4 Å². The molecule has 0 bridgehead atoms. The van der Waals surface area contributed by atoms with Gasteiger partial charge < -0.3 is 14.6 Å². The lowest BCUT2D eigenvalue weighted by atomic mass is 10.2. The molecule has 0 radical (unpaired) electrons. The van der Waals surface area contributed by atoms with Crippen molar-refractivity contribution >= 4 is 17.5 Å². The average Bonchev–Trinajstić information content (AvgIpc) is 2.83. The summed E-state index contributed by atoms with van der Waals surface area (Å²) < 4.78 is 7.47. The summed E-state index contributed by atoms with van der Waals surface area (Å²) in [6.45, 7) is 4.40. The summed E-state index contributed by atoms with van der Waals surface area (Å²) in [4.78, 5) is 16.2. The number of rotatable bonds is 6. The van der Waals surface area contributed by atoms with Gasteiger partial charge in [-0.1, -0.05) is 11.6 Å². The smallest absolute Gasteiger partial charge is 0.252 e. The third-order valence-corrected chi connectivity index (χ3v) is 3.45. The number of benzene rings is 1. The molecule has 0 aliphatic heterocycles. The van der Waals surface area contributed by atoms with E-state index in [1.54, 1.807) is 30.7 Å². The van der Waals surface area contributed by atoms with Crippen LogP contribution in [-0.4, -0.2) is 28.1 Å². The minimum atomic E-state index is -0.191. The largest absolute Gasteiger partial charge is 0.491 e. The van der Waals surface area contributed by atoms with Gasteiger partial charge in [-0.15, -0.1) is 0 Å². The fourth-order valence-corrected chi connectivity index (χ4v) is 2.31. The van der Waals surface area contributed by atoms with Crippen LogP contribution in [0.2, 0.25) is 5.02 Å². The number of halogens is 1. The van der Waals surface area contributed by atoms with E-state index in [0.29, 0.717) is 29.3 Å². The molecule has 1 heterocycles. The molecule has 0 aliphatic carbocycles. The summed E-state index contributed by atoms with van der Waals surface area (Å²) in [5.41, 5.74) is 1.51. The molecule has 1 aromatic heterocycles. The highest BCUT2D eigenvalue weighted by atomic mass is 35.5. The summed E-state index contributed by atoms with van der Waals surface area (Å²) in [6.07, 6.45) is 4.31. The first-order valence-electron chi connectivity index (χ1n) is 7.17. The zero-order valence-corrected chi connectivity index (χ0v) is 13.7. The maximum Gasteiger partial charge on any atom is 0.252 e. The van der Waals surface area contributed by atoms with Crippen molar-refractivity contribution in [3.05, 3.63) is 47.0 Å². The Morgan fingerprint density at radius 2 is 2.23 bits per heavy atom. The molecule has 5 nitrogen and oxygen atoms in total. The molecule has 1 amide bonds. The minimum Gasteiger partial charge on any atom is -0.491 e. The molecule has 2 aromatic rings. The van der Waals surface area contributed by atoms with Crippen LogP contribution in [-0.2, 0) is 13.5 Å². The topological polar surface area (TPSA) is 56.1 Å². The van der Waals surface area contributed by atoms with Crippen molar-refractivity contribution in [3.63, 3.8) is 0 Å². The molecule has 0 fully saturated rings. The van der Waals surface area contributed by atoms with Gasteiger partial charge in [0.1, 0.15) is 5.75 Å². The molecule has 22 heavy (non-hydrogen) atoms. The number of hydrogen-bond acceptors (Lipinski definition) is 3. The van der Waals surface area contributed by atoms with Gasteiger partial charge in [-0.25, -0.2) is 4.98 Å². The van der Waals surface area contributed by atoms with Gasteiger partial charge in [0.2, 0.25) is 0 Å². The highest BCUT2D eigenvalue weighted by molar-refractivity contribution is 6.34. The van der Waals surface area contributed by atoms with Crippen LogP contribution in [0.3, 0.4) is 0 Å². The molecule has 6 heteroatoms. The van der Waals surface area contributed by atoms with Crippen molar-refractivity contribution in [1.29, 1.82) is 0 Å². The quantitative estimate of drug-likeness (QED) is 0.890. The van der Waals surface area contributed by atoms with E-state index in [1.807, 2.05) is 25.5 Å². The Labute approximate surface area is 135 Å². The Hall–Kier alpha value is -2.01. The van der Waals surface area contributed by atoms with E-state index < -0.39 is 0 Å². The average molecular weight is 322 g/mol. The third kappa shape index (κ3) is 4.24. The van der Waals surface area contributed by atoms with Crippen LogP contribution in [0.5, 0.6) is 5.75 Å². The Bertz CT molecular complexity index is 653. The normalized spacial score (nSPS) is 10.8. The molecule has 1 aromatic carbocycles. The van der Waals surface area contributed by atoms with Gasteiger partial charge in [-0.3, -0.25) is 4.79 Å². The van der Waals surface area contributed by atoms with Gasteiger partial charge in [-0.2, -0.15) is 0 Å². The van der Waals surface area contributed by atoms with Crippen LogP contribution < -0.4 is 10.1 Å². The minimum absolute atomic E-state index is 0.0645. The van der Waals surface area contributed by atoms with Gasteiger partial charge >= 0.3 is 0 Å². The molecule has 0 aliphatic rings. The van der Waals surface area contributed by atoms with Gasteiger partial charge in [0.15, 0.2) is 0 Å². The number of nitrogens with zero attached hydrogens (tertiary/aromatic N) is 2. The number of aryl methyl sites for hydroxylation is 1. The van der Waals surface area contributed by atoms with Crippen LogP contribution in [0.1, 0.15) is 29.9 Å². The summed E-state index contributed by atoms with van der Waals surface area (Å²) >= 11 is 6.16. The van der Waals surface area contributed by atoms with Crippen LogP contribution in [0.15, 0.2) is 30.7 Å². The molecular formula is C16H20ClN3O2. The van der Waals surface area contributed by atoms with Crippen LogP contribution in [0, 0.1) is 0 Å². The summed E-state index contributed by atoms with van der Waals surface area (Å²) in [6, 6.07) is 5.10. The number of amides is 1. The standard InChI is InChI=1S/C16H20ClN3O2/c1-11(2)22-13-4-5-14(15(17)8-13)16(21)19-7-6-12-9-18-10-20(12)3/h4-5,8-11H,6-7H2,1-3H3,(H,19,21). The maximum atomic E-state index is 12.2. The van der Waals surface area contributed by atoms with Gasteiger partial charge in [-0.05, 0) is 32.0 Å². The lowest BCUT2D eigenvalue weighted by molar-refractivity contribution is 0.0954. The van der Waals surface area contributed by atoms with Crippen LogP contribution in [0.25, 0.3) is 0 Å². The number of hydrogen-bond donors (Lipinski definition) is 1. The number of imidazole rings is 1. The van der Waals surface area contributed by atoms with Crippen LogP contribution in [0.4, 0.5) is 0 Å². The second kappa shape index (κ2) is 7.31. The van der Waals surface area contributed by atoms with Crippen LogP contribution >= 0.6 is 11.6 Å². The first kappa shape index (κ1) is 16.4. The Morgan fingerprint density at radius 1 is 1.45 bits per heavy atom. The van der Waals surface area contributed by atoms with Gasteiger partial charge in [0, 0.05) is 31.9 Å². The zero-order valence-electron chi connectivity index (χ0n) is 13.0. The lowest BCUT2D eigenvalue weighted by Crippen LogP contribution is -2.26. The predicted octanol–water partition coefficient (Wildman–Crippen LogP) is 2.83. The van der Waals surface area contributed by atoms with E-state index in [4.69, 9.17) is 16.3 Å². The highest BCUT2D eigenvalue weighted by Crippen LogP contribution is 2.23. The zero-order chi connectivity index (χ0) is 16.1. The van der Waals surface area contributed by atoms with E-state index in [-0.39, 0.29) is 12.0 Å². The Balaban J connectivity index is 1.93. The van der Waals surface area contributed by atoms with E-state index in [0.717, 1.165) is 5.69 Å². The molecule has 0 saturated heterocycles. The second-order valence-electron chi connectivity index (χ2n) is 5.31. The SMILES string of the molecule is CC(C)Oc1ccc(C(=O)NCCc2cncn2C)c(Cl)c1. The molecule has 0 unspecified atom stereocenters. The first-order chi connectivity index (χ1) is 10.5. The van der Waals surface area contributed by atoms with Crippen molar-refractivity contribution in [3.8, 4) is 5.75 Å². The van der Waals surface area contributed by atoms with Crippen molar-refractivity contribution < 1.29 is 9.53 Å². The fourth-order valence-electron chi connectivity index (χ4n) is 2.05. The maximum absolute atomic E-state index is 12.2. The summed E-state index contributed by atoms with van der Waals surface area (Å²) in [5, 5.41) is 3.25. The van der Waals surface area contributed by atoms with Crippen molar-refractivity contribution in [2.75, 3.05) is 6.54 Å². The first-order valence-corrected chi connectivity index (χ1v) is 7.54. The van der Waals surface area contributed by atoms with E-state index in [1.165, 1.54) is 0 Å². The van der Waals surface area contributed by atoms with Gasteiger partial charge in [0.05, 0.1) is 23.0 Å². The van der Waals surface area contributed by atoms with E-state index >= 15 is 0 Å². The molecule has 1 N–H and O–H groups in total. The monoisotopic (exact) mass is 321 g/mol. The number of carbonyl (C=O) groups excluding carboxylic acids is 1. The molecule has 2 rings (SSSR count). The lowest BCUT2D eigenvalue weighted by Gasteiger charge is -2.12. The molecule has 118 valence electrons. The van der Waals surface area contributed by atoms with E-state index in [9.17, 15) is 4.79 Å². The van der Waals surface area contributed by atoms with Gasteiger partial charge in [0.25, 0.3) is 5.91 Å². The highest BCUT2D eigenvalue weighted by Gasteiger charge is 2.11. The molecule has 0 saturated carbocycles. The number of ether oxygens (including phenoxy) is 1. The molecule has 0 spiro atoms. The third-order valence-electron chi connectivity index (χ3n) is 3.14. The van der Waals surface area contributed by atoms with E-state index in [2.05, 4.69) is 10.3 Å². The second-order valence-corrected chi connectivity index (χ2v) is 5.72. The number of aromatic nitrogens is 2. The summed E-state index contributed by atoms with van der Waals surface area (Å²) in [7, 11) is 1.93. The Kier molecular flexibility index (Phi) is 5.44. The van der Waals surface area contributed by atoms with Crippen molar-refractivity contribution in [2.24, 2.45) is 7.05 Å². The molecule has 0 atom stereocenters. The Morgan fingerprint density at radius 3 is 2.82 bits per heavy atom. The number of nitrogens with one attached hydrogen (secondary N) is 1. The fraction of sp³-hybridized carbons (Fsp3) is 0.375. The predicted molar refractivity (Wildman–Crippen MR) is 86.5 cm³/mol. The summed E-state index contributed by atoms with van der Waals surface area (Å²) in [5.74, 6) is 0.467. The van der Waals surface area contributed by atoms with Crippen molar-refractivity contribution in [1.82, 2.24) is 14.9 Å².